The van der Waals surface area contributed by atoms with Crippen LogP contribution in [0.5, 0.6) is 0 Å². The minimum Gasteiger partial charge on any atom is -0.363 e. The van der Waals surface area contributed by atoms with E-state index in [-0.39, 0.29) is 0 Å². The van der Waals surface area contributed by atoms with Crippen LogP contribution < -0.4 is 5.32 Å². The maximum absolute atomic E-state index is 4.84. The molecular formula is C19H17N5S2. The molecule has 130 valence electrons. The van der Waals surface area contributed by atoms with Gasteiger partial charge in [0.2, 0.25) is 5.13 Å². The Kier molecular flexibility index (Phi) is 4.99. The smallest absolute Gasteiger partial charge is 0.206 e. The molecule has 0 saturated carbocycles. The molecule has 0 aliphatic carbocycles. The highest BCUT2D eigenvalue weighted by molar-refractivity contribution is 8.00. The first-order valence-electron chi connectivity index (χ1n) is 8.17. The van der Waals surface area contributed by atoms with E-state index in [0.29, 0.717) is 0 Å². The predicted octanol–water partition coefficient (Wildman–Crippen LogP) is 4.72. The Morgan fingerprint density at radius 1 is 1.00 bits per heavy atom. The van der Waals surface area contributed by atoms with E-state index in [1.807, 2.05) is 48.1 Å². The first-order chi connectivity index (χ1) is 12.8. The van der Waals surface area contributed by atoms with Gasteiger partial charge < -0.3 is 5.32 Å². The number of nitrogens with one attached hydrogen (secondary N) is 1. The molecular weight excluding hydrogens is 362 g/mol. The summed E-state index contributed by atoms with van der Waals surface area (Å²) in [6.45, 7) is 0. The van der Waals surface area contributed by atoms with E-state index >= 15 is 0 Å². The molecule has 5 nitrogen and oxygen atoms in total. The van der Waals surface area contributed by atoms with Crippen molar-refractivity contribution in [2.75, 3.05) is 12.4 Å². The number of para-hydroxylation sites is 1. The van der Waals surface area contributed by atoms with E-state index in [2.05, 4.69) is 46.0 Å². The second kappa shape index (κ2) is 7.72. The number of benzene rings is 2. The van der Waals surface area contributed by atoms with Crippen LogP contribution in [-0.2, 0) is 5.75 Å². The van der Waals surface area contributed by atoms with Crippen LogP contribution in [0, 0.1) is 0 Å². The summed E-state index contributed by atoms with van der Waals surface area (Å²) in [4.78, 5) is 0. The Bertz CT molecular complexity index is 980. The van der Waals surface area contributed by atoms with E-state index < -0.39 is 0 Å². The molecule has 0 radical (unpaired) electrons. The van der Waals surface area contributed by atoms with Crippen LogP contribution in [0.4, 0.5) is 5.13 Å². The monoisotopic (exact) mass is 379 g/mol. The molecule has 1 N–H and O–H groups in total. The van der Waals surface area contributed by atoms with Gasteiger partial charge in [-0.2, -0.15) is 5.10 Å². The third-order valence-electron chi connectivity index (χ3n) is 3.83. The van der Waals surface area contributed by atoms with Crippen LogP contribution in [0.3, 0.4) is 0 Å². The Hall–Kier alpha value is -2.64. The number of hydrogen-bond donors (Lipinski definition) is 1. The molecule has 7 heteroatoms. The summed E-state index contributed by atoms with van der Waals surface area (Å²) >= 11 is 3.24. The number of anilines is 1. The Labute approximate surface area is 160 Å². The summed E-state index contributed by atoms with van der Waals surface area (Å²) < 4.78 is 2.89. The molecule has 4 rings (SSSR count). The number of rotatable bonds is 6. The number of hydrogen-bond acceptors (Lipinski definition) is 6. The molecule has 0 amide bonds. The second-order valence-corrected chi connectivity index (χ2v) is 7.76. The van der Waals surface area contributed by atoms with Crippen molar-refractivity contribution in [2.45, 2.75) is 10.1 Å². The number of thioether (sulfide) groups is 1. The molecule has 0 unspecified atom stereocenters. The maximum atomic E-state index is 4.84. The quantitative estimate of drug-likeness (QED) is 0.491. The number of nitrogens with zero attached hydrogens (tertiary/aromatic N) is 4. The molecule has 0 saturated heterocycles. The molecule has 0 bridgehead atoms. The molecule has 2 aromatic carbocycles. The summed E-state index contributed by atoms with van der Waals surface area (Å²) in [5.74, 6) is 0.787. The topological polar surface area (TPSA) is 55.6 Å². The Morgan fingerprint density at radius 2 is 1.73 bits per heavy atom. The van der Waals surface area contributed by atoms with Crippen molar-refractivity contribution in [2.24, 2.45) is 0 Å². The van der Waals surface area contributed by atoms with Crippen molar-refractivity contribution in [1.29, 1.82) is 0 Å². The zero-order valence-corrected chi connectivity index (χ0v) is 15.8. The molecule has 0 aliphatic heterocycles. The van der Waals surface area contributed by atoms with Gasteiger partial charge in [-0.25, -0.2) is 4.68 Å². The lowest BCUT2D eigenvalue weighted by Crippen LogP contribution is -1.93. The van der Waals surface area contributed by atoms with Gasteiger partial charge in [-0.1, -0.05) is 71.6 Å². The van der Waals surface area contributed by atoms with Crippen LogP contribution in [0.2, 0.25) is 0 Å². The number of aromatic nitrogens is 4. The summed E-state index contributed by atoms with van der Waals surface area (Å²) in [5.41, 5.74) is 4.34. The molecule has 0 aliphatic rings. The normalized spacial score (nSPS) is 10.8. The summed E-state index contributed by atoms with van der Waals surface area (Å²) in [6.07, 6.45) is 2.10. The first-order valence-corrected chi connectivity index (χ1v) is 9.97. The van der Waals surface area contributed by atoms with Gasteiger partial charge in [-0.15, -0.1) is 10.2 Å². The van der Waals surface area contributed by atoms with Gasteiger partial charge in [0.25, 0.3) is 0 Å². The van der Waals surface area contributed by atoms with Crippen molar-refractivity contribution < 1.29 is 0 Å². The zero-order chi connectivity index (χ0) is 17.8. The van der Waals surface area contributed by atoms with Gasteiger partial charge >= 0.3 is 0 Å². The van der Waals surface area contributed by atoms with Crippen LogP contribution in [0.1, 0.15) is 5.56 Å². The van der Waals surface area contributed by atoms with Crippen molar-refractivity contribution in [3.8, 4) is 16.9 Å². The molecule has 0 spiro atoms. The molecule has 26 heavy (non-hydrogen) atoms. The van der Waals surface area contributed by atoms with E-state index in [1.165, 1.54) is 5.56 Å². The van der Waals surface area contributed by atoms with Gasteiger partial charge in [0.05, 0.1) is 11.4 Å². The fraction of sp³-hybridized carbons (Fsp3) is 0.105. The summed E-state index contributed by atoms with van der Waals surface area (Å²) in [6, 6.07) is 20.5. The molecule has 0 fully saturated rings. The summed E-state index contributed by atoms with van der Waals surface area (Å²) in [7, 11) is 1.85. The first kappa shape index (κ1) is 16.8. The highest BCUT2D eigenvalue weighted by atomic mass is 32.2. The van der Waals surface area contributed by atoms with Crippen molar-refractivity contribution in [1.82, 2.24) is 20.0 Å². The lowest BCUT2D eigenvalue weighted by atomic mass is 10.1. The van der Waals surface area contributed by atoms with Crippen molar-refractivity contribution in [3.63, 3.8) is 0 Å². The molecule has 2 aromatic heterocycles. The van der Waals surface area contributed by atoms with Gasteiger partial charge in [0.15, 0.2) is 4.34 Å². The standard InChI is InChI=1S/C19H17N5S2/c1-20-18-21-22-19(26-18)25-13-15-12-24(16-10-6-3-7-11-16)23-17(15)14-8-4-2-5-9-14/h2-12H,13H2,1H3,(H,20,21). The maximum Gasteiger partial charge on any atom is 0.206 e. The molecule has 0 atom stereocenters. The van der Waals surface area contributed by atoms with Crippen LogP contribution in [-0.4, -0.2) is 27.0 Å². The van der Waals surface area contributed by atoms with Gasteiger partial charge in [-0.3, -0.25) is 0 Å². The van der Waals surface area contributed by atoms with Gasteiger partial charge in [-0.05, 0) is 12.1 Å². The van der Waals surface area contributed by atoms with Gasteiger partial charge in [0, 0.05) is 30.1 Å². The van der Waals surface area contributed by atoms with E-state index in [0.717, 1.165) is 32.2 Å². The van der Waals surface area contributed by atoms with E-state index in [9.17, 15) is 0 Å². The van der Waals surface area contributed by atoms with Crippen LogP contribution in [0.15, 0.2) is 71.2 Å². The minimum atomic E-state index is 0.787. The lowest BCUT2D eigenvalue weighted by Gasteiger charge is -2.01. The van der Waals surface area contributed by atoms with Crippen LogP contribution >= 0.6 is 23.1 Å². The third-order valence-corrected chi connectivity index (χ3v) is 5.95. The Morgan fingerprint density at radius 3 is 2.42 bits per heavy atom. The van der Waals surface area contributed by atoms with Crippen LogP contribution in [0.25, 0.3) is 16.9 Å². The SMILES string of the molecule is CNc1nnc(SCc2cn(-c3ccccc3)nc2-c2ccccc2)s1. The average Bonchev–Trinajstić information content (AvgIpc) is 3.34. The van der Waals surface area contributed by atoms with E-state index in [4.69, 9.17) is 5.10 Å². The second-order valence-electron chi connectivity index (χ2n) is 5.56. The fourth-order valence-electron chi connectivity index (χ4n) is 2.58. The zero-order valence-electron chi connectivity index (χ0n) is 14.2. The lowest BCUT2D eigenvalue weighted by molar-refractivity contribution is 0.884. The largest absolute Gasteiger partial charge is 0.363 e. The molecule has 2 heterocycles. The highest BCUT2D eigenvalue weighted by Crippen LogP contribution is 2.32. The predicted molar refractivity (Wildman–Crippen MR) is 108 cm³/mol. The minimum absolute atomic E-state index is 0.787. The summed E-state index contributed by atoms with van der Waals surface area (Å²) in [5, 5.41) is 17.0. The van der Waals surface area contributed by atoms with Crippen molar-refractivity contribution >= 4 is 28.2 Å². The highest BCUT2D eigenvalue weighted by Gasteiger charge is 2.14. The van der Waals surface area contributed by atoms with E-state index in [1.54, 1.807) is 23.1 Å². The third kappa shape index (κ3) is 3.63. The fourth-order valence-corrected chi connectivity index (χ4v) is 4.24. The average molecular weight is 380 g/mol. The Balaban J connectivity index is 1.66. The molecule has 4 aromatic rings. The van der Waals surface area contributed by atoms with Crippen molar-refractivity contribution in [3.05, 3.63) is 72.4 Å². The van der Waals surface area contributed by atoms with Gasteiger partial charge in [0.1, 0.15) is 0 Å².